The van der Waals surface area contributed by atoms with Gasteiger partial charge in [0.2, 0.25) is 11.9 Å². The number of aryl methyl sites for hydroxylation is 2. The Kier molecular flexibility index (Phi) is 5.17. The first-order chi connectivity index (χ1) is 12.5. The number of rotatable bonds is 5. The van der Waals surface area contributed by atoms with Crippen LogP contribution in [-0.4, -0.2) is 11.9 Å². The van der Waals surface area contributed by atoms with Crippen LogP contribution >= 0.6 is 0 Å². The van der Waals surface area contributed by atoms with E-state index in [1.54, 1.807) is 30.3 Å². The van der Waals surface area contributed by atoms with E-state index in [0.29, 0.717) is 11.3 Å². The van der Waals surface area contributed by atoms with Gasteiger partial charge in [-0.3, -0.25) is 4.79 Å². The normalized spacial score (nSPS) is 11.6. The van der Waals surface area contributed by atoms with Crippen molar-refractivity contribution in [3.8, 4) is 0 Å². The molecule has 5 heteroatoms. The number of hydrogen-bond donors (Lipinski definition) is 1. The fraction of sp³-hybridized carbons (Fsp3) is 0.143. The molecule has 1 N–H and O–H groups in total. The summed E-state index contributed by atoms with van der Waals surface area (Å²) in [7, 11) is 0. The SMILES string of the molecule is Cc1ccc(C)c(NC(=O)[C@@H](OC(=O)c2ccco2)c2ccccc2)c1. The van der Waals surface area contributed by atoms with Gasteiger partial charge >= 0.3 is 5.97 Å². The number of hydrogen-bond acceptors (Lipinski definition) is 4. The summed E-state index contributed by atoms with van der Waals surface area (Å²) in [4.78, 5) is 25.1. The van der Waals surface area contributed by atoms with Gasteiger partial charge in [-0.15, -0.1) is 0 Å². The molecule has 0 bridgehead atoms. The second kappa shape index (κ2) is 7.70. The molecule has 1 heterocycles. The first-order valence-electron chi connectivity index (χ1n) is 8.22. The van der Waals surface area contributed by atoms with Gasteiger partial charge in [-0.05, 0) is 43.2 Å². The van der Waals surface area contributed by atoms with Gasteiger partial charge in [-0.1, -0.05) is 42.5 Å². The molecule has 1 aromatic heterocycles. The zero-order valence-electron chi connectivity index (χ0n) is 14.6. The van der Waals surface area contributed by atoms with E-state index in [2.05, 4.69) is 5.32 Å². The van der Waals surface area contributed by atoms with E-state index in [4.69, 9.17) is 9.15 Å². The Bertz CT molecular complexity index is 901. The number of carbonyl (C=O) groups excluding carboxylic acids is 2. The van der Waals surface area contributed by atoms with Crippen LogP contribution in [-0.2, 0) is 9.53 Å². The fourth-order valence-corrected chi connectivity index (χ4v) is 2.53. The minimum Gasteiger partial charge on any atom is -0.457 e. The molecular weight excluding hydrogens is 330 g/mol. The van der Waals surface area contributed by atoms with Crippen LogP contribution in [0.15, 0.2) is 71.3 Å². The van der Waals surface area contributed by atoms with Crippen molar-refractivity contribution in [2.24, 2.45) is 0 Å². The maximum absolute atomic E-state index is 12.9. The summed E-state index contributed by atoms with van der Waals surface area (Å²) in [5.41, 5.74) is 3.21. The predicted octanol–water partition coefficient (Wildman–Crippen LogP) is 4.43. The van der Waals surface area contributed by atoms with Crippen molar-refractivity contribution in [1.82, 2.24) is 0 Å². The topological polar surface area (TPSA) is 68.5 Å². The minimum absolute atomic E-state index is 0.0467. The first-order valence-corrected chi connectivity index (χ1v) is 8.22. The van der Waals surface area contributed by atoms with E-state index in [0.717, 1.165) is 11.1 Å². The van der Waals surface area contributed by atoms with Gasteiger partial charge < -0.3 is 14.5 Å². The van der Waals surface area contributed by atoms with Crippen LogP contribution < -0.4 is 5.32 Å². The largest absolute Gasteiger partial charge is 0.457 e. The molecule has 5 nitrogen and oxygen atoms in total. The number of ether oxygens (including phenoxy) is 1. The predicted molar refractivity (Wildman–Crippen MR) is 97.9 cm³/mol. The third-order valence-corrected chi connectivity index (χ3v) is 3.94. The highest BCUT2D eigenvalue weighted by Gasteiger charge is 2.27. The summed E-state index contributed by atoms with van der Waals surface area (Å²) in [6, 6.07) is 17.7. The van der Waals surface area contributed by atoms with Crippen molar-refractivity contribution in [3.63, 3.8) is 0 Å². The number of esters is 1. The van der Waals surface area contributed by atoms with E-state index in [1.165, 1.54) is 12.3 Å². The molecule has 3 aromatic rings. The Morgan fingerprint density at radius 3 is 2.46 bits per heavy atom. The van der Waals surface area contributed by atoms with Crippen molar-refractivity contribution in [2.45, 2.75) is 20.0 Å². The van der Waals surface area contributed by atoms with E-state index in [1.807, 2.05) is 38.1 Å². The maximum Gasteiger partial charge on any atom is 0.375 e. The van der Waals surface area contributed by atoms with E-state index in [-0.39, 0.29) is 5.76 Å². The molecule has 0 radical (unpaired) electrons. The smallest absolute Gasteiger partial charge is 0.375 e. The van der Waals surface area contributed by atoms with Crippen molar-refractivity contribution >= 4 is 17.6 Å². The lowest BCUT2D eigenvalue weighted by atomic mass is 10.1. The lowest BCUT2D eigenvalue weighted by Crippen LogP contribution is -2.26. The van der Waals surface area contributed by atoms with Crippen molar-refractivity contribution in [2.75, 3.05) is 5.32 Å². The van der Waals surface area contributed by atoms with Crippen molar-refractivity contribution in [1.29, 1.82) is 0 Å². The molecule has 0 aliphatic heterocycles. The van der Waals surface area contributed by atoms with Crippen LogP contribution in [0.3, 0.4) is 0 Å². The highest BCUT2D eigenvalue weighted by Crippen LogP contribution is 2.23. The Balaban J connectivity index is 1.86. The second-order valence-corrected chi connectivity index (χ2v) is 5.98. The second-order valence-electron chi connectivity index (χ2n) is 5.98. The molecule has 0 fully saturated rings. The van der Waals surface area contributed by atoms with Crippen LogP contribution in [0, 0.1) is 13.8 Å². The number of carbonyl (C=O) groups is 2. The van der Waals surface area contributed by atoms with E-state index < -0.39 is 18.0 Å². The molecule has 26 heavy (non-hydrogen) atoms. The molecule has 3 rings (SSSR count). The fourth-order valence-electron chi connectivity index (χ4n) is 2.53. The van der Waals surface area contributed by atoms with Gasteiger partial charge in [0.1, 0.15) is 0 Å². The molecule has 0 spiro atoms. The lowest BCUT2D eigenvalue weighted by molar-refractivity contribution is -0.125. The molecule has 132 valence electrons. The zero-order valence-corrected chi connectivity index (χ0v) is 14.6. The highest BCUT2D eigenvalue weighted by atomic mass is 16.6. The molecule has 0 saturated carbocycles. The molecule has 1 atom stereocenters. The molecule has 2 aromatic carbocycles. The number of anilines is 1. The van der Waals surface area contributed by atoms with E-state index >= 15 is 0 Å². The van der Waals surface area contributed by atoms with Crippen LogP contribution in [0.4, 0.5) is 5.69 Å². The first kappa shape index (κ1) is 17.5. The van der Waals surface area contributed by atoms with Gasteiger partial charge in [0.25, 0.3) is 5.91 Å². The van der Waals surface area contributed by atoms with Gasteiger partial charge in [0, 0.05) is 11.3 Å². The molecule has 0 saturated heterocycles. The monoisotopic (exact) mass is 349 g/mol. The number of nitrogens with one attached hydrogen (secondary N) is 1. The zero-order chi connectivity index (χ0) is 18.5. The standard InChI is InChI=1S/C21H19NO4/c1-14-10-11-15(2)17(13-14)22-20(23)19(16-7-4-3-5-8-16)26-21(24)18-9-6-12-25-18/h3-13,19H,1-2H3,(H,22,23)/t19-/m0/s1. The molecule has 0 aliphatic carbocycles. The Morgan fingerprint density at radius 2 is 1.77 bits per heavy atom. The number of benzene rings is 2. The van der Waals surface area contributed by atoms with Crippen LogP contribution in [0.5, 0.6) is 0 Å². The van der Waals surface area contributed by atoms with Crippen LogP contribution in [0.1, 0.15) is 33.3 Å². The number of furan rings is 1. The average Bonchev–Trinajstić information content (AvgIpc) is 3.18. The van der Waals surface area contributed by atoms with Crippen molar-refractivity contribution in [3.05, 3.63) is 89.4 Å². The summed E-state index contributed by atoms with van der Waals surface area (Å²) < 4.78 is 10.5. The average molecular weight is 349 g/mol. The lowest BCUT2D eigenvalue weighted by Gasteiger charge is -2.18. The van der Waals surface area contributed by atoms with Crippen LogP contribution in [0.2, 0.25) is 0 Å². The van der Waals surface area contributed by atoms with Gasteiger partial charge in [-0.2, -0.15) is 0 Å². The summed E-state index contributed by atoms with van der Waals surface area (Å²) in [6.07, 6.45) is 0.290. The Labute approximate surface area is 151 Å². The Morgan fingerprint density at radius 1 is 1.00 bits per heavy atom. The molecule has 0 unspecified atom stereocenters. The summed E-state index contributed by atoms with van der Waals surface area (Å²) >= 11 is 0. The molecule has 0 aliphatic rings. The summed E-state index contributed by atoms with van der Waals surface area (Å²) in [5, 5.41) is 2.85. The van der Waals surface area contributed by atoms with Gasteiger partial charge in [-0.25, -0.2) is 4.79 Å². The number of amides is 1. The van der Waals surface area contributed by atoms with E-state index in [9.17, 15) is 9.59 Å². The quantitative estimate of drug-likeness (QED) is 0.692. The third-order valence-electron chi connectivity index (χ3n) is 3.94. The Hall–Kier alpha value is -3.34. The minimum atomic E-state index is -1.09. The van der Waals surface area contributed by atoms with Crippen molar-refractivity contribution < 1.29 is 18.7 Å². The molecule has 1 amide bonds. The molecular formula is C21H19NO4. The van der Waals surface area contributed by atoms with Gasteiger partial charge in [0.05, 0.1) is 6.26 Å². The van der Waals surface area contributed by atoms with Gasteiger partial charge in [0.15, 0.2) is 0 Å². The maximum atomic E-state index is 12.9. The third kappa shape index (κ3) is 4.00. The van der Waals surface area contributed by atoms with Crippen LogP contribution in [0.25, 0.3) is 0 Å². The highest BCUT2D eigenvalue weighted by molar-refractivity contribution is 5.98. The summed E-state index contributed by atoms with van der Waals surface area (Å²) in [5.74, 6) is -1.07. The summed E-state index contributed by atoms with van der Waals surface area (Å²) in [6.45, 7) is 3.85.